The van der Waals surface area contributed by atoms with E-state index in [-0.39, 0.29) is 24.7 Å². The highest BCUT2D eigenvalue weighted by Gasteiger charge is 2.13. The van der Waals surface area contributed by atoms with Gasteiger partial charge >= 0.3 is 0 Å². The van der Waals surface area contributed by atoms with E-state index in [1.165, 1.54) is 0 Å². The van der Waals surface area contributed by atoms with Crippen molar-refractivity contribution in [2.75, 3.05) is 6.54 Å². The number of hydrogen-bond donors (Lipinski definition) is 2. The molecule has 1 aromatic heterocycles. The minimum absolute atomic E-state index is 0.0220. The van der Waals surface area contributed by atoms with Crippen LogP contribution in [0.15, 0.2) is 4.42 Å². The molecule has 0 unspecified atom stereocenters. The average Bonchev–Trinajstić information content (AvgIpc) is 2.52. The van der Waals surface area contributed by atoms with E-state index in [2.05, 4.69) is 10.2 Å². The molecule has 3 N–H and O–H groups in total. The average molecular weight is 168 g/mol. The maximum Gasteiger partial charge on any atom is 0.246 e. The number of aromatic nitrogens is 2. The fraction of sp³-hybridized carbons (Fsp3) is 0.500. The topological polar surface area (TPSA) is 109 Å². The van der Waals surface area contributed by atoms with E-state index in [0.29, 0.717) is 0 Å². The summed E-state index contributed by atoms with van der Waals surface area (Å²) >= 11 is 0. The van der Waals surface area contributed by atoms with Crippen molar-refractivity contribution in [1.29, 1.82) is 5.26 Å². The Morgan fingerprint density at radius 3 is 3.00 bits per heavy atom. The molecule has 0 radical (unpaired) electrons. The minimum atomic E-state index is -0.940. The van der Waals surface area contributed by atoms with Gasteiger partial charge in [-0.15, -0.1) is 10.2 Å². The van der Waals surface area contributed by atoms with Crippen molar-refractivity contribution in [3.63, 3.8) is 0 Å². The molecular formula is C6H8N4O2. The first-order valence-electron chi connectivity index (χ1n) is 3.35. The molecule has 0 fully saturated rings. The van der Waals surface area contributed by atoms with E-state index in [1.54, 1.807) is 0 Å². The number of nitriles is 1. The van der Waals surface area contributed by atoms with Gasteiger partial charge in [-0.25, -0.2) is 0 Å². The van der Waals surface area contributed by atoms with E-state index in [9.17, 15) is 0 Å². The Labute approximate surface area is 68.6 Å². The van der Waals surface area contributed by atoms with Gasteiger partial charge in [0, 0.05) is 6.54 Å². The van der Waals surface area contributed by atoms with Crippen molar-refractivity contribution in [3.05, 3.63) is 11.8 Å². The molecule has 1 atom stereocenters. The van der Waals surface area contributed by atoms with Crippen LogP contribution in [-0.4, -0.2) is 21.8 Å². The van der Waals surface area contributed by atoms with Crippen LogP contribution >= 0.6 is 0 Å². The zero-order valence-electron chi connectivity index (χ0n) is 6.27. The number of nitrogens with zero attached hydrogens (tertiary/aromatic N) is 3. The molecule has 1 heterocycles. The summed E-state index contributed by atoms with van der Waals surface area (Å²) in [7, 11) is 0. The normalized spacial score (nSPS) is 12.4. The van der Waals surface area contributed by atoms with Crippen LogP contribution in [-0.2, 0) is 6.42 Å². The highest BCUT2D eigenvalue weighted by molar-refractivity contribution is 4.92. The predicted molar refractivity (Wildman–Crippen MR) is 37.6 cm³/mol. The van der Waals surface area contributed by atoms with Crippen LogP contribution < -0.4 is 5.73 Å². The molecule has 64 valence electrons. The van der Waals surface area contributed by atoms with Crippen molar-refractivity contribution in [1.82, 2.24) is 10.2 Å². The van der Waals surface area contributed by atoms with Gasteiger partial charge in [-0.1, -0.05) is 0 Å². The van der Waals surface area contributed by atoms with Gasteiger partial charge in [0.05, 0.1) is 6.07 Å². The summed E-state index contributed by atoms with van der Waals surface area (Å²) in [5.41, 5.74) is 5.14. The molecular weight excluding hydrogens is 160 g/mol. The lowest BCUT2D eigenvalue weighted by Gasteiger charge is -1.98. The third kappa shape index (κ3) is 1.78. The Morgan fingerprint density at radius 1 is 1.67 bits per heavy atom. The van der Waals surface area contributed by atoms with Crippen LogP contribution in [0.2, 0.25) is 0 Å². The van der Waals surface area contributed by atoms with Gasteiger partial charge in [0.15, 0.2) is 0 Å². The van der Waals surface area contributed by atoms with Crippen LogP contribution in [0.4, 0.5) is 0 Å². The van der Waals surface area contributed by atoms with Gasteiger partial charge in [0.25, 0.3) is 0 Å². The van der Waals surface area contributed by atoms with E-state index < -0.39 is 6.10 Å². The summed E-state index contributed by atoms with van der Waals surface area (Å²) in [6.45, 7) is 0.0220. The second-order valence-electron chi connectivity index (χ2n) is 2.12. The predicted octanol–water partition coefficient (Wildman–Crippen LogP) is -0.872. The molecule has 0 aliphatic rings. The van der Waals surface area contributed by atoms with Gasteiger partial charge in [-0.05, 0) is 0 Å². The molecule has 0 saturated heterocycles. The fourth-order valence-corrected chi connectivity index (χ4v) is 0.641. The Morgan fingerprint density at radius 2 is 2.42 bits per heavy atom. The summed E-state index contributed by atoms with van der Waals surface area (Å²) in [4.78, 5) is 0. The number of rotatable bonds is 3. The SMILES string of the molecule is N#CCc1nnc([C@@H](O)CN)o1. The third-order valence-electron chi connectivity index (χ3n) is 1.22. The van der Waals surface area contributed by atoms with E-state index >= 15 is 0 Å². The van der Waals surface area contributed by atoms with Crippen LogP contribution in [0.25, 0.3) is 0 Å². The summed E-state index contributed by atoms with van der Waals surface area (Å²) in [5.74, 6) is 0.253. The zero-order chi connectivity index (χ0) is 8.97. The maximum absolute atomic E-state index is 9.11. The zero-order valence-corrected chi connectivity index (χ0v) is 6.27. The monoisotopic (exact) mass is 168 g/mol. The number of nitrogens with two attached hydrogens (primary N) is 1. The van der Waals surface area contributed by atoms with Crippen LogP contribution in [0.3, 0.4) is 0 Å². The molecule has 6 nitrogen and oxygen atoms in total. The number of aliphatic hydroxyl groups is 1. The molecule has 0 aliphatic heterocycles. The highest BCUT2D eigenvalue weighted by Crippen LogP contribution is 2.09. The van der Waals surface area contributed by atoms with Gasteiger partial charge in [-0.2, -0.15) is 5.26 Å². The molecule has 6 heteroatoms. The van der Waals surface area contributed by atoms with Crippen LogP contribution in [0, 0.1) is 11.3 Å². The molecule has 0 amide bonds. The molecule has 12 heavy (non-hydrogen) atoms. The molecule has 0 spiro atoms. The van der Waals surface area contributed by atoms with Gasteiger partial charge < -0.3 is 15.3 Å². The lowest BCUT2D eigenvalue weighted by Crippen LogP contribution is -2.11. The van der Waals surface area contributed by atoms with Crippen molar-refractivity contribution in [2.24, 2.45) is 5.73 Å². The smallest absolute Gasteiger partial charge is 0.246 e. The summed E-state index contributed by atoms with van der Waals surface area (Å²) in [6, 6.07) is 1.85. The number of hydrogen-bond acceptors (Lipinski definition) is 6. The lowest BCUT2D eigenvalue weighted by molar-refractivity contribution is 0.150. The largest absolute Gasteiger partial charge is 0.421 e. The van der Waals surface area contributed by atoms with Crippen LogP contribution in [0.1, 0.15) is 17.9 Å². The summed E-state index contributed by atoms with van der Waals surface area (Å²) in [5, 5.41) is 24.4. The second kappa shape index (κ2) is 3.80. The first kappa shape index (κ1) is 8.64. The Hall–Kier alpha value is -1.45. The van der Waals surface area contributed by atoms with Crippen molar-refractivity contribution < 1.29 is 9.52 Å². The Bertz CT molecular complexity index is 290. The standard InChI is InChI=1S/C6H8N4O2/c7-2-1-5-9-10-6(12-5)4(11)3-8/h4,11H,1,3,8H2/t4-/m0/s1. The first-order valence-corrected chi connectivity index (χ1v) is 3.35. The molecule has 1 rings (SSSR count). The van der Waals surface area contributed by atoms with E-state index in [4.69, 9.17) is 20.5 Å². The van der Waals surface area contributed by atoms with Gasteiger partial charge in [0.1, 0.15) is 12.5 Å². The van der Waals surface area contributed by atoms with E-state index in [1.807, 2.05) is 6.07 Å². The van der Waals surface area contributed by atoms with E-state index in [0.717, 1.165) is 0 Å². The Kier molecular flexibility index (Phi) is 2.74. The highest BCUT2D eigenvalue weighted by atomic mass is 16.4. The molecule has 0 aliphatic carbocycles. The number of aliphatic hydroxyl groups excluding tert-OH is 1. The molecule has 0 saturated carbocycles. The Balaban J connectivity index is 2.71. The van der Waals surface area contributed by atoms with Gasteiger partial charge in [-0.3, -0.25) is 0 Å². The van der Waals surface area contributed by atoms with Crippen molar-refractivity contribution >= 4 is 0 Å². The maximum atomic E-state index is 9.11. The summed E-state index contributed by atoms with van der Waals surface area (Å²) < 4.78 is 4.90. The summed E-state index contributed by atoms with van der Waals surface area (Å²) in [6.07, 6.45) is -0.894. The minimum Gasteiger partial charge on any atom is -0.421 e. The lowest BCUT2D eigenvalue weighted by atomic mass is 10.4. The van der Waals surface area contributed by atoms with Crippen molar-refractivity contribution in [2.45, 2.75) is 12.5 Å². The molecule has 1 aromatic rings. The fourth-order valence-electron chi connectivity index (χ4n) is 0.641. The molecule has 0 aromatic carbocycles. The van der Waals surface area contributed by atoms with Crippen LogP contribution in [0.5, 0.6) is 0 Å². The second-order valence-corrected chi connectivity index (χ2v) is 2.12. The third-order valence-corrected chi connectivity index (χ3v) is 1.22. The van der Waals surface area contributed by atoms with Gasteiger partial charge in [0.2, 0.25) is 11.8 Å². The molecule has 0 bridgehead atoms. The van der Waals surface area contributed by atoms with Crippen molar-refractivity contribution in [3.8, 4) is 6.07 Å². The quantitative estimate of drug-likeness (QED) is 0.607. The first-order chi connectivity index (χ1) is 5.77.